The summed E-state index contributed by atoms with van der Waals surface area (Å²) in [4.78, 5) is 2.45. The van der Waals surface area contributed by atoms with Gasteiger partial charge in [0.25, 0.3) is 0 Å². The van der Waals surface area contributed by atoms with Crippen LogP contribution >= 0.6 is 11.6 Å². The molecule has 0 radical (unpaired) electrons. The van der Waals surface area contributed by atoms with E-state index in [-0.39, 0.29) is 12.4 Å². The van der Waals surface area contributed by atoms with E-state index in [1.165, 1.54) is 5.56 Å². The second-order valence-corrected chi connectivity index (χ2v) is 8.28. The molecule has 0 saturated carbocycles. The van der Waals surface area contributed by atoms with Gasteiger partial charge in [-0.1, -0.05) is 29.8 Å². The molecule has 1 saturated heterocycles. The molecule has 0 aromatic heterocycles. The minimum atomic E-state index is -0.980. The van der Waals surface area contributed by atoms with Crippen LogP contribution in [-0.2, 0) is 6.54 Å². The Labute approximate surface area is 171 Å². The van der Waals surface area contributed by atoms with Crippen molar-refractivity contribution in [2.75, 3.05) is 26.2 Å². The molecule has 1 aliphatic rings. The molecule has 2 aromatic rings. The Morgan fingerprint density at radius 1 is 1.18 bits per heavy atom. The SMILES string of the molecule is C[C@](O)(CNC1CCN(Cc2ccc(Cl)cc2)CC1)COc1cccc(O)c1. The highest BCUT2D eigenvalue weighted by atomic mass is 35.5. The molecule has 1 fully saturated rings. The highest BCUT2D eigenvalue weighted by Crippen LogP contribution is 2.20. The number of nitrogens with zero attached hydrogens (tertiary/aromatic N) is 1. The van der Waals surface area contributed by atoms with Crippen LogP contribution in [-0.4, -0.2) is 53.0 Å². The molecule has 1 heterocycles. The first kappa shape index (κ1) is 20.9. The molecule has 0 amide bonds. The number of nitrogens with one attached hydrogen (secondary N) is 1. The van der Waals surface area contributed by atoms with E-state index < -0.39 is 5.60 Å². The van der Waals surface area contributed by atoms with Gasteiger partial charge < -0.3 is 20.3 Å². The molecule has 0 spiro atoms. The van der Waals surface area contributed by atoms with Crippen LogP contribution in [0.25, 0.3) is 0 Å². The number of phenols is 1. The fourth-order valence-electron chi connectivity index (χ4n) is 3.37. The molecule has 0 unspecified atom stereocenters. The smallest absolute Gasteiger partial charge is 0.123 e. The first-order chi connectivity index (χ1) is 13.4. The standard InChI is InChI=1S/C22H29ClN2O3/c1-22(27,16-28-21-4-2-3-20(26)13-21)15-24-19-9-11-25(12-10-19)14-17-5-7-18(23)8-6-17/h2-8,13,19,24,26-27H,9-12,14-16H2,1H3/t22-/m0/s1. The molecule has 152 valence electrons. The lowest BCUT2D eigenvalue weighted by atomic mass is 10.0. The third-order valence-electron chi connectivity index (χ3n) is 5.05. The van der Waals surface area contributed by atoms with Gasteiger partial charge in [-0.3, -0.25) is 4.90 Å². The topological polar surface area (TPSA) is 65.0 Å². The maximum Gasteiger partial charge on any atom is 0.123 e. The zero-order chi connectivity index (χ0) is 20.0. The summed E-state index contributed by atoms with van der Waals surface area (Å²) in [5.74, 6) is 0.705. The molecule has 2 aromatic carbocycles. The van der Waals surface area contributed by atoms with Crippen molar-refractivity contribution in [1.29, 1.82) is 0 Å². The zero-order valence-electron chi connectivity index (χ0n) is 16.3. The molecular formula is C22H29ClN2O3. The molecule has 1 aliphatic heterocycles. The van der Waals surface area contributed by atoms with Crippen LogP contribution in [0.4, 0.5) is 0 Å². The van der Waals surface area contributed by atoms with Crippen molar-refractivity contribution in [2.45, 2.75) is 38.0 Å². The summed E-state index contributed by atoms with van der Waals surface area (Å²) in [5, 5.41) is 24.3. The van der Waals surface area contributed by atoms with Gasteiger partial charge in [-0.05, 0) is 62.7 Å². The number of rotatable bonds is 8. The number of aromatic hydroxyl groups is 1. The maximum atomic E-state index is 10.6. The fourth-order valence-corrected chi connectivity index (χ4v) is 3.50. The monoisotopic (exact) mass is 404 g/mol. The molecule has 28 heavy (non-hydrogen) atoms. The van der Waals surface area contributed by atoms with E-state index >= 15 is 0 Å². The van der Waals surface area contributed by atoms with E-state index in [1.807, 2.05) is 12.1 Å². The van der Waals surface area contributed by atoms with E-state index in [4.69, 9.17) is 16.3 Å². The number of phenolic OH excluding ortho intramolecular Hbond substituents is 1. The van der Waals surface area contributed by atoms with Crippen molar-refractivity contribution in [3.8, 4) is 11.5 Å². The minimum Gasteiger partial charge on any atom is -0.508 e. The van der Waals surface area contributed by atoms with E-state index in [2.05, 4.69) is 22.3 Å². The predicted molar refractivity (Wildman–Crippen MR) is 112 cm³/mol. The lowest BCUT2D eigenvalue weighted by molar-refractivity contribution is 0.00809. The van der Waals surface area contributed by atoms with Gasteiger partial charge in [-0.25, -0.2) is 0 Å². The summed E-state index contributed by atoms with van der Waals surface area (Å²) in [6, 6.07) is 15.0. The molecule has 5 nitrogen and oxygen atoms in total. The van der Waals surface area contributed by atoms with Crippen LogP contribution in [0.1, 0.15) is 25.3 Å². The third kappa shape index (κ3) is 6.67. The van der Waals surface area contributed by atoms with Crippen LogP contribution in [0.2, 0.25) is 5.02 Å². The summed E-state index contributed by atoms with van der Waals surface area (Å²) < 4.78 is 5.62. The van der Waals surface area contributed by atoms with Crippen molar-refractivity contribution < 1.29 is 14.9 Å². The molecule has 6 heteroatoms. The van der Waals surface area contributed by atoms with Gasteiger partial charge in [-0.2, -0.15) is 0 Å². The summed E-state index contributed by atoms with van der Waals surface area (Å²) in [5.41, 5.74) is 0.300. The molecule has 3 rings (SSSR count). The largest absolute Gasteiger partial charge is 0.508 e. The van der Waals surface area contributed by atoms with Crippen molar-refractivity contribution in [2.24, 2.45) is 0 Å². The van der Waals surface area contributed by atoms with Crippen molar-refractivity contribution in [1.82, 2.24) is 10.2 Å². The van der Waals surface area contributed by atoms with Gasteiger partial charge in [0, 0.05) is 30.2 Å². The highest BCUT2D eigenvalue weighted by molar-refractivity contribution is 6.30. The summed E-state index contributed by atoms with van der Waals surface area (Å²) in [6.45, 7) is 5.40. The zero-order valence-corrected chi connectivity index (χ0v) is 17.0. The molecule has 0 aliphatic carbocycles. The van der Waals surface area contributed by atoms with Crippen LogP contribution < -0.4 is 10.1 Å². The summed E-state index contributed by atoms with van der Waals surface area (Å²) in [6.07, 6.45) is 2.11. The second kappa shape index (κ2) is 9.61. The average molecular weight is 405 g/mol. The molecule has 3 N–H and O–H groups in total. The Hall–Kier alpha value is -1.79. The van der Waals surface area contributed by atoms with Gasteiger partial charge in [0.2, 0.25) is 0 Å². The molecule has 0 bridgehead atoms. The number of aliphatic hydroxyl groups is 1. The number of hydrogen-bond acceptors (Lipinski definition) is 5. The van der Waals surface area contributed by atoms with Crippen molar-refractivity contribution in [3.05, 3.63) is 59.1 Å². The maximum absolute atomic E-state index is 10.6. The first-order valence-electron chi connectivity index (χ1n) is 9.74. The van der Waals surface area contributed by atoms with Crippen LogP contribution in [0.5, 0.6) is 11.5 Å². The minimum absolute atomic E-state index is 0.153. The van der Waals surface area contributed by atoms with E-state index in [9.17, 15) is 10.2 Å². The highest BCUT2D eigenvalue weighted by Gasteiger charge is 2.25. The normalized spacial score (nSPS) is 18.0. The Morgan fingerprint density at radius 2 is 1.89 bits per heavy atom. The molecule has 1 atom stereocenters. The third-order valence-corrected chi connectivity index (χ3v) is 5.30. The average Bonchev–Trinajstić information content (AvgIpc) is 2.68. The van der Waals surface area contributed by atoms with E-state index in [1.54, 1.807) is 31.2 Å². The van der Waals surface area contributed by atoms with Crippen molar-refractivity contribution in [3.63, 3.8) is 0 Å². The fraction of sp³-hybridized carbons (Fsp3) is 0.455. The van der Waals surface area contributed by atoms with E-state index in [0.29, 0.717) is 18.3 Å². The van der Waals surface area contributed by atoms with Gasteiger partial charge >= 0.3 is 0 Å². The number of benzene rings is 2. The van der Waals surface area contributed by atoms with E-state index in [0.717, 1.165) is 37.5 Å². The molecular weight excluding hydrogens is 376 g/mol. The Bertz CT molecular complexity index is 744. The van der Waals surface area contributed by atoms with Crippen molar-refractivity contribution >= 4 is 11.6 Å². The number of halogens is 1. The summed E-state index contributed by atoms with van der Waals surface area (Å²) in [7, 11) is 0. The second-order valence-electron chi connectivity index (χ2n) is 7.84. The number of piperidine rings is 1. The Kier molecular flexibility index (Phi) is 7.18. The van der Waals surface area contributed by atoms with Gasteiger partial charge in [0.05, 0.1) is 0 Å². The first-order valence-corrected chi connectivity index (χ1v) is 10.1. The number of likely N-dealkylation sites (tertiary alicyclic amines) is 1. The lowest BCUT2D eigenvalue weighted by Gasteiger charge is -2.34. The Morgan fingerprint density at radius 3 is 2.57 bits per heavy atom. The van der Waals surface area contributed by atoms with Gasteiger partial charge in [0.1, 0.15) is 23.7 Å². The van der Waals surface area contributed by atoms with Crippen LogP contribution in [0.3, 0.4) is 0 Å². The number of hydrogen-bond donors (Lipinski definition) is 3. The van der Waals surface area contributed by atoms with Crippen LogP contribution in [0.15, 0.2) is 48.5 Å². The van der Waals surface area contributed by atoms with Crippen LogP contribution in [0, 0.1) is 0 Å². The quantitative estimate of drug-likeness (QED) is 0.629. The number of ether oxygens (including phenoxy) is 1. The lowest BCUT2D eigenvalue weighted by Crippen LogP contribution is -2.49. The van der Waals surface area contributed by atoms with Gasteiger partial charge in [-0.15, -0.1) is 0 Å². The summed E-state index contributed by atoms with van der Waals surface area (Å²) >= 11 is 5.95. The predicted octanol–water partition coefficient (Wildman–Crippen LogP) is 3.43. The Balaban J connectivity index is 1.37. The van der Waals surface area contributed by atoms with Gasteiger partial charge in [0.15, 0.2) is 0 Å².